The van der Waals surface area contributed by atoms with E-state index in [0.29, 0.717) is 6.42 Å². The highest BCUT2D eigenvalue weighted by molar-refractivity contribution is 6.11. The van der Waals surface area contributed by atoms with Crippen molar-refractivity contribution in [3.63, 3.8) is 0 Å². The summed E-state index contributed by atoms with van der Waals surface area (Å²) in [5.41, 5.74) is 4.11. The van der Waals surface area contributed by atoms with E-state index in [4.69, 9.17) is 0 Å². The van der Waals surface area contributed by atoms with Crippen LogP contribution < -0.4 is 0 Å². The van der Waals surface area contributed by atoms with Crippen LogP contribution in [0.2, 0.25) is 0 Å². The summed E-state index contributed by atoms with van der Waals surface area (Å²) in [5, 5.41) is 0. The van der Waals surface area contributed by atoms with E-state index in [9.17, 15) is 4.79 Å². The van der Waals surface area contributed by atoms with Crippen molar-refractivity contribution in [1.29, 1.82) is 0 Å². The zero-order chi connectivity index (χ0) is 10.8. The summed E-state index contributed by atoms with van der Waals surface area (Å²) in [6.07, 6.45) is 3.37. The smallest absolute Gasteiger partial charge is 0.189 e. The van der Waals surface area contributed by atoms with Crippen molar-refractivity contribution in [2.45, 2.75) is 19.8 Å². The molecule has 0 aromatic heterocycles. The number of ketones is 1. The number of carbonyl (C=O) groups excluding carboxylic acids is 1. The monoisotopic (exact) mass is 198 g/mol. The fraction of sp³-hybridized carbons (Fsp3) is 0.214. The van der Waals surface area contributed by atoms with E-state index < -0.39 is 0 Å². The molecule has 0 unspecified atom stereocenters. The maximum Gasteiger partial charge on any atom is 0.189 e. The van der Waals surface area contributed by atoms with Crippen molar-refractivity contribution < 1.29 is 4.79 Å². The number of Topliss-reactive ketones (excluding diaryl/α,β-unsaturated/α-hetero) is 1. The van der Waals surface area contributed by atoms with E-state index in [-0.39, 0.29) is 5.78 Å². The van der Waals surface area contributed by atoms with Crippen LogP contribution in [0.25, 0.3) is 0 Å². The summed E-state index contributed by atoms with van der Waals surface area (Å²) >= 11 is 0. The molecular weight excluding hydrogens is 184 g/mol. The first-order chi connectivity index (χ1) is 7.24. The number of allylic oxidation sites excluding steroid dienone is 3. The van der Waals surface area contributed by atoms with Crippen molar-refractivity contribution in [1.82, 2.24) is 0 Å². The van der Waals surface area contributed by atoms with Crippen LogP contribution in [-0.4, -0.2) is 5.78 Å². The van der Waals surface area contributed by atoms with Gasteiger partial charge in [-0.3, -0.25) is 4.79 Å². The molecular formula is C14H14O. The van der Waals surface area contributed by atoms with Crippen LogP contribution in [0.1, 0.15) is 29.3 Å². The molecule has 0 aliphatic heterocycles. The molecule has 1 heteroatoms. The molecule has 1 nitrogen and oxygen atoms in total. The molecule has 15 heavy (non-hydrogen) atoms. The molecule has 0 heterocycles. The van der Waals surface area contributed by atoms with Crippen LogP contribution in [0.15, 0.2) is 48.1 Å². The van der Waals surface area contributed by atoms with Gasteiger partial charge in [0.05, 0.1) is 0 Å². The largest absolute Gasteiger partial charge is 0.289 e. The van der Waals surface area contributed by atoms with Gasteiger partial charge in [0.25, 0.3) is 0 Å². The van der Waals surface area contributed by atoms with Gasteiger partial charge in [-0.05, 0) is 25.3 Å². The maximum atomic E-state index is 12.1. The average Bonchev–Trinajstić information content (AvgIpc) is 2.24. The van der Waals surface area contributed by atoms with Gasteiger partial charge in [-0.15, -0.1) is 6.58 Å². The number of rotatable bonds is 2. The van der Waals surface area contributed by atoms with Gasteiger partial charge >= 0.3 is 0 Å². The highest BCUT2D eigenvalue weighted by atomic mass is 16.1. The predicted octanol–water partition coefficient (Wildman–Crippen LogP) is 3.32. The summed E-state index contributed by atoms with van der Waals surface area (Å²) in [5.74, 6) is 0.175. The van der Waals surface area contributed by atoms with E-state index in [1.165, 1.54) is 5.57 Å². The second-order valence-corrected chi connectivity index (χ2v) is 3.91. The van der Waals surface area contributed by atoms with Crippen LogP contribution in [0.4, 0.5) is 0 Å². The summed E-state index contributed by atoms with van der Waals surface area (Å²) in [6, 6.07) is 7.84. The molecule has 1 aliphatic rings. The molecule has 0 radical (unpaired) electrons. The highest BCUT2D eigenvalue weighted by Gasteiger charge is 2.21. The van der Waals surface area contributed by atoms with Crippen molar-refractivity contribution in [2.24, 2.45) is 0 Å². The van der Waals surface area contributed by atoms with Crippen molar-refractivity contribution >= 4 is 5.78 Å². The third-order valence-corrected chi connectivity index (χ3v) is 2.86. The molecule has 0 fully saturated rings. The molecule has 0 amide bonds. The number of carbonyl (C=O) groups is 1. The third-order valence-electron chi connectivity index (χ3n) is 2.86. The Morgan fingerprint density at radius 1 is 1.40 bits per heavy atom. The lowest BCUT2D eigenvalue weighted by Gasteiger charge is -2.18. The minimum absolute atomic E-state index is 0.175. The number of fused-ring (bicyclic) bond motifs is 1. The van der Waals surface area contributed by atoms with Gasteiger partial charge in [0, 0.05) is 11.1 Å². The average molecular weight is 198 g/mol. The molecule has 0 N–H and O–H groups in total. The Morgan fingerprint density at radius 3 is 2.87 bits per heavy atom. The van der Waals surface area contributed by atoms with Crippen LogP contribution in [0.5, 0.6) is 0 Å². The van der Waals surface area contributed by atoms with Crippen LogP contribution >= 0.6 is 0 Å². The Labute approximate surface area is 90.1 Å². The molecule has 0 saturated carbocycles. The maximum absolute atomic E-state index is 12.1. The standard InChI is InChI=1S/C14H14O/c1-3-6-12-10(2)9-11-7-4-5-8-13(11)14(12)15/h3-5,7-8H,1,6,9H2,2H3. The van der Waals surface area contributed by atoms with Gasteiger partial charge in [-0.2, -0.15) is 0 Å². The topological polar surface area (TPSA) is 17.1 Å². The van der Waals surface area contributed by atoms with Gasteiger partial charge in [0.2, 0.25) is 0 Å². The second kappa shape index (κ2) is 3.85. The van der Waals surface area contributed by atoms with Gasteiger partial charge in [0.1, 0.15) is 0 Å². The minimum Gasteiger partial charge on any atom is -0.289 e. The van der Waals surface area contributed by atoms with Crippen LogP contribution in [0, 0.1) is 0 Å². The van der Waals surface area contributed by atoms with Crippen molar-refractivity contribution in [3.8, 4) is 0 Å². The van der Waals surface area contributed by atoms with E-state index in [1.54, 1.807) is 6.08 Å². The van der Waals surface area contributed by atoms with E-state index >= 15 is 0 Å². The van der Waals surface area contributed by atoms with E-state index in [1.807, 2.05) is 31.2 Å². The van der Waals surface area contributed by atoms with Gasteiger partial charge in [0.15, 0.2) is 5.78 Å². The molecule has 1 aromatic carbocycles. The molecule has 76 valence electrons. The van der Waals surface area contributed by atoms with Crippen molar-refractivity contribution in [3.05, 3.63) is 59.2 Å². The molecule has 0 atom stereocenters. The fourth-order valence-electron chi connectivity index (χ4n) is 2.06. The molecule has 1 aromatic rings. The Hall–Kier alpha value is -1.63. The highest BCUT2D eigenvalue weighted by Crippen LogP contribution is 2.27. The van der Waals surface area contributed by atoms with E-state index in [2.05, 4.69) is 6.58 Å². The van der Waals surface area contributed by atoms with Crippen LogP contribution in [0.3, 0.4) is 0 Å². The second-order valence-electron chi connectivity index (χ2n) is 3.91. The minimum atomic E-state index is 0.175. The first kappa shape index (κ1) is 9.91. The molecule has 0 spiro atoms. The fourth-order valence-corrected chi connectivity index (χ4v) is 2.06. The Bertz CT molecular complexity index is 452. The molecule has 0 bridgehead atoms. The number of hydrogen-bond donors (Lipinski definition) is 0. The Kier molecular flexibility index (Phi) is 2.55. The number of hydrogen-bond acceptors (Lipinski definition) is 1. The quantitative estimate of drug-likeness (QED) is 0.666. The van der Waals surface area contributed by atoms with Crippen LogP contribution in [-0.2, 0) is 6.42 Å². The molecule has 1 aliphatic carbocycles. The summed E-state index contributed by atoms with van der Waals surface area (Å²) in [7, 11) is 0. The lowest BCUT2D eigenvalue weighted by Crippen LogP contribution is -2.14. The molecule has 0 saturated heterocycles. The summed E-state index contributed by atoms with van der Waals surface area (Å²) in [4.78, 5) is 12.1. The summed E-state index contributed by atoms with van der Waals surface area (Å²) in [6.45, 7) is 5.73. The third kappa shape index (κ3) is 1.65. The Balaban J connectivity index is 2.48. The van der Waals surface area contributed by atoms with Gasteiger partial charge in [-0.25, -0.2) is 0 Å². The van der Waals surface area contributed by atoms with Crippen molar-refractivity contribution in [2.75, 3.05) is 0 Å². The van der Waals surface area contributed by atoms with Gasteiger partial charge in [-0.1, -0.05) is 35.9 Å². The zero-order valence-corrected chi connectivity index (χ0v) is 8.92. The normalized spacial score (nSPS) is 15.1. The lowest BCUT2D eigenvalue weighted by atomic mass is 9.84. The summed E-state index contributed by atoms with van der Waals surface area (Å²) < 4.78 is 0. The Morgan fingerprint density at radius 2 is 2.13 bits per heavy atom. The number of benzene rings is 1. The lowest BCUT2D eigenvalue weighted by molar-refractivity contribution is 0.102. The SMILES string of the molecule is C=CCC1=C(C)Cc2ccccc2C1=O. The van der Waals surface area contributed by atoms with E-state index in [0.717, 1.165) is 23.1 Å². The first-order valence-electron chi connectivity index (χ1n) is 5.16. The first-order valence-corrected chi connectivity index (χ1v) is 5.16. The molecule has 2 rings (SSSR count). The van der Waals surface area contributed by atoms with Gasteiger partial charge < -0.3 is 0 Å². The predicted molar refractivity (Wildman–Crippen MR) is 62.0 cm³/mol. The zero-order valence-electron chi connectivity index (χ0n) is 8.92.